The predicted octanol–water partition coefficient (Wildman–Crippen LogP) is 4.72. The number of benzene rings is 1. The highest BCUT2D eigenvalue weighted by Crippen LogP contribution is 2.26. The molecule has 0 radical (unpaired) electrons. The minimum atomic E-state index is 0.522. The summed E-state index contributed by atoms with van der Waals surface area (Å²) < 4.78 is 1.17. The Morgan fingerprint density at radius 2 is 1.75 bits per heavy atom. The van der Waals surface area contributed by atoms with Crippen molar-refractivity contribution >= 4 is 21.6 Å². The highest BCUT2D eigenvalue weighted by atomic mass is 79.9. The summed E-state index contributed by atoms with van der Waals surface area (Å²) >= 11 is 3.61. The van der Waals surface area contributed by atoms with Crippen LogP contribution in [0.25, 0.3) is 0 Å². The molecule has 0 atom stereocenters. The van der Waals surface area contributed by atoms with Gasteiger partial charge in [-0.25, -0.2) is 0 Å². The van der Waals surface area contributed by atoms with Gasteiger partial charge in [0.15, 0.2) is 0 Å². The zero-order chi connectivity index (χ0) is 14.4. The third-order valence-electron chi connectivity index (χ3n) is 3.94. The summed E-state index contributed by atoms with van der Waals surface area (Å²) in [5.74, 6) is 0. The van der Waals surface area contributed by atoms with Crippen molar-refractivity contribution in [3.8, 4) is 0 Å². The molecule has 0 unspecified atom stereocenters. The first kappa shape index (κ1) is 15.8. The fourth-order valence-corrected chi connectivity index (χ4v) is 3.22. The summed E-state index contributed by atoms with van der Waals surface area (Å²) in [6, 6.07) is 7.24. The van der Waals surface area contributed by atoms with Crippen molar-refractivity contribution in [2.45, 2.75) is 58.5 Å². The molecule has 1 aliphatic heterocycles. The Morgan fingerprint density at radius 1 is 1.10 bits per heavy atom. The highest BCUT2D eigenvalue weighted by Gasteiger charge is 2.13. The van der Waals surface area contributed by atoms with Gasteiger partial charge >= 0.3 is 0 Å². The summed E-state index contributed by atoms with van der Waals surface area (Å²) in [4.78, 5) is 2.59. The molecular formula is C17H27BrN2. The fourth-order valence-electron chi connectivity index (χ4n) is 2.81. The summed E-state index contributed by atoms with van der Waals surface area (Å²) in [6.45, 7) is 7.76. The van der Waals surface area contributed by atoms with Gasteiger partial charge in [-0.15, -0.1) is 0 Å². The van der Waals surface area contributed by atoms with Crippen molar-refractivity contribution in [1.82, 2.24) is 5.32 Å². The highest BCUT2D eigenvalue weighted by molar-refractivity contribution is 9.10. The van der Waals surface area contributed by atoms with Crippen molar-refractivity contribution in [2.75, 3.05) is 18.0 Å². The lowest BCUT2D eigenvalue weighted by atomic mass is 10.1. The number of nitrogens with zero attached hydrogens (tertiary/aromatic N) is 1. The molecule has 20 heavy (non-hydrogen) atoms. The molecule has 1 aromatic carbocycles. The van der Waals surface area contributed by atoms with E-state index >= 15 is 0 Å². The molecule has 1 heterocycles. The second-order valence-electron chi connectivity index (χ2n) is 6.06. The van der Waals surface area contributed by atoms with Gasteiger partial charge in [0.05, 0.1) is 0 Å². The summed E-state index contributed by atoms with van der Waals surface area (Å²) in [5.41, 5.74) is 2.83. The number of rotatable bonds is 4. The molecule has 2 nitrogen and oxygen atoms in total. The first-order valence-corrected chi connectivity index (χ1v) is 8.73. The van der Waals surface area contributed by atoms with E-state index in [-0.39, 0.29) is 0 Å². The maximum atomic E-state index is 3.61. The summed E-state index contributed by atoms with van der Waals surface area (Å²) in [7, 11) is 0. The van der Waals surface area contributed by atoms with Crippen LogP contribution < -0.4 is 10.2 Å². The topological polar surface area (TPSA) is 15.3 Å². The standard InChI is InChI=1S/C17H27BrN2/c1-14(2)19-13-15-12-16(18)8-9-17(15)20-10-6-4-3-5-7-11-20/h8-9,12,14,19H,3-7,10-11,13H2,1-2H3. The zero-order valence-electron chi connectivity index (χ0n) is 12.8. The van der Waals surface area contributed by atoms with Crippen molar-refractivity contribution in [2.24, 2.45) is 0 Å². The average molecular weight is 339 g/mol. The van der Waals surface area contributed by atoms with Gasteiger partial charge in [0.2, 0.25) is 0 Å². The third kappa shape index (κ3) is 4.78. The number of halogens is 1. The van der Waals surface area contributed by atoms with Gasteiger partial charge in [-0.2, -0.15) is 0 Å². The van der Waals surface area contributed by atoms with Gasteiger partial charge in [0.25, 0.3) is 0 Å². The lowest BCUT2D eigenvalue weighted by Crippen LogP contribution is -2.29. The van der Waals surface area contributed by atoms with Crippen LogP contribution in [0.5, 0.6) is 0 Å². The van der Waals surface area contributed by atoms with E-state index in [4.69, 9.17) is 0 Å². The summed E-state index contributed by atoms with van der Waals surface area (Å²) in [5, 5.41) is 3.55. The maximum Gasteiger partial charge on any atom is 0.0412 e. The van der Waals surface area contributed by atoms with Crippen LogP contribution in [-0.4, -0.2) is 19.1 Å². The van der Waals surface area contributed by atoms with Crippen LogP contribution in [0, 0.1) is 0 Å². The molecule has 0 bridgehead atoms. The van der Waals surface area contributed by atoms with E-state index in [0.29, 0.717) is 6.04 Å². The first-order chi connectivity index (χ1) is 9.66. The molecule has 0 aromatic heterocycles. The number of anilines is 1. The van der Waals surface area contributed by atoms with Gasteiger partial charge in [0.1, 0.15) is 0 Å². The quantitative estimate of drug-likeness (QED) is 0.854. The number of nitrogens with one attached hydrogen (secondary N) is 1. The SMILES string of the molecule is CC(C)NCc1cc(Br)ccc1N1CCCCCCC1. The first-order valence-electron chi connectivity index (χ1n) is 7.93. The Balaban J connectivity index is 2.15. The second-order valence-corrected chi connectivity index (χ2v) is 6.98. The Bertz CT molecular complexity index is 409. The smallest absolute Gasteiger partial charge is 0.0412 e. The van der Waals surface area contributed by atoms with Gasteiger partial charge in [-0.3, -0.25) is 0 Å². The van der Waals surface area contributed by atoms with Crippen LogP contribution in [0.1, 0.15) is 51.5 Å². The molecule has 2 rings (SSSR count). The predicted molar refractivity (Wildman–Crippen MR) is 91.4 cm³/mol. The molecule has 1 N–H and O–H groups in total. The van der Waals surface area contributed by atoms with Crippen molar-refractivity contribution in [3.05, 3.63) is 28.2 Å². The molecule has 1 aromatic rings. The van der Waals surface area contributed by atoms with Crippen LogP contribution in [0.2, 0.25) is 0 Å². The lowest BCUT2D eigenvalue weighted by molar-refractivity contribution is 0.552. The van der Waals surface area contributed by atoms with E-state index in [1.807, 2.05) is 0 Å². The van der Waals surface area contributed by atoms with Gasteiger partial charge in [0, 0.05) is 35.8 Å². The van der Waals surface area contributed by atoms with Crippen molar-refractivity contribution in [1.29, 1.82) is 0 Å². The normalized spacial score (nSPS) is 17.1. The van der Waals surface area contributed by atoms with Crippen LogP contribution in [0.3, 0.4) is 0 Å². The van der Waals surface area contributed by atoms with E-state index in [9.17, 15) is 0 Å². The van der Waals surface area contributed by atoms with Gasteiger partial charge in [-0.05, 0) is 36.6 Å². The fraction of sp³-hybridized carbons (Fsp3) is 0.647. The molecule has 0 aliphatic carbocycles. The number of hydrogen-bond acceptors (Lipinski definition) is 2. The lowest BCUT2D eigenvalue weighted by Gasteiger charge is -2.29. The molecule has 112 valence electrons. The number of hydrogen-bond donors (Lipinski definition) is 1. The van der Waals surface area contributed by atoms with E-state index in [1.54, 1.807) is 0 Å². The largest absolute Gasteiger partial charge is 0.371 e. The molecule has 1 aliphatic rings. The van der Waals surface area contributed by atoms with Crippen LogP contribution in [0.4, 0.5) is 5.69 Å². The molecule has 3 heteroatoms. The van der Waals surface area contributed by atoms with E-state index in [0.717, 1.165) is 6.54 Å². The van der Waals surface area contributed by atoms with E-state index < -0.39 is 0 Å². The van der Waals surface area contributed by atoms with Crippen LogP contribution in [0.15, 0.2) is 22.7 Å². The van der Waals surface area contributed by atoms with E-state index in [1.165, 1.54) is 60.9 Å². The Labute approximate surface area is 132 Å². The minimum absolute atomic E-state index is 0.522. The van der Waals surface area contributed by atoms with Crippen molar-refractivity contribution < 1.29 is 0 Å². The van der Waals surface area contributed by atoms with E-state index in [2.05, 4.69) is 58.2 Å². The maximum absolute atomic E-state index is 3.61. The van der Waals surface area contributed by atoms with Crippen LogP contribution >= 0.6 is 15.9 Å². The van der Waals surface area contributed by atoms with Crippen LogP contribution in [-0.2, 0) is 6.54 Å². The second kappa shape index (κ2) is 8.04. The molecule has 0 amide bonds. The van der Waals surface area contributed by atoms with Gasteiger partial charge in [-0.1, -0.05) is 49.0 Å². The third-order valence-corrected chi connectivity index (χ3v) is 4.43. The Hall–Kier alpha value is -0.540. The van der Waals surface area contributed by atoms with Gasteiger partial charge < -0.3 is 10.2 Å². The zero-order valence-corrected chi connectivity index (χ0v) is 14.4. The Morgan fingerprint density at radius 3 is 2.40 bits per heavy atom. The minimum Gasteiger partial charge on any atom is -0.371 e. The molecule has 1 saturated heterocycles. The molecular weight excluding hydrogens is 312 g/mol. The molecule has 0 spiro atoms. The average Bonchev–Trinajstić information content (AvgIpc) is 2.37. The van der Waals surface area contributed by atoms with Crippen molar-refractivity contribution in [3.63, 3.8) is 0 Å². The molecule has 0 saturated carbocycles. The summed E-state index contributed by atoms with van der Waals surface area (Å²) in [6.07, 6.45) is 6.83. The Kier molecular flexibility index (Phi) is 6.37. The molecule has 1 fully saturated rings. The monoisotopic (exact) mass is 338 g/mol.